The molecule has 0 spiro atoms. The Balaban J connectivity index is 2.77. The van der Waals surface area contributed by atoms with Crippen molar-refractivity contribution < 1.29 is 31.1 Å². The number of nitrogens with one attached hydrogen (secondary N) is 1. The van der Waals surface area contributed by atoms with E-state index in [0.717, 1.165) is 0 Å². The van der Waals surface area contributed by atoms with Crippen LogP contribution in [0.2, 0.25) is 0 Å². The highest BCUT2D eigenvalue weighted by Gasteiger charge is 2.34. The fourth-order valence-electron chi connectivity index (χ4n) is 2.20. The molecule has 0 aliphatic carbocycles. The predicted octanol–water partition coefficient (Wildman–Crippen LogP) is 3.41. The molecule has 0 unspecified atom stereocenters. The Hall–Kier alpha value is -1.97. The van der Waals surface area contributed by atoms with E-state index in [1.54, 1.807) is 19.1 Å². The monoisotopic (exact) mass is 410 g/mol. The molecule has 27 heavy (non-hydrogen) atoms. The lowest BCUT2D eigenvalue weighted by molar-refractivity contribution is -0.159. The predicted molar refractivity (Wildman–Crippen MR) is 97.2 cm³/mol. The average Bonchev–Trinajstić information content (AvgIpc) is 2.51. The first-order valence-electron chi connectivity index (χ1n) is 8.53. The number of hydrogen-bond donors (Lipinski definition) is 1. The van der Waals surface area contributed by atoms with Crippen LogP contribution in [0.4, 0.5) is 18.9 Å². The number of carbonyl (C=O) groups is 1. The summed E-state index contributed by atoms with van der Waals surface area (Å²) in [5.74, 6) is -1.61. The van der Waals surface area contributed by atoms with E-state index in [-0.39, 0.29) is 18.3 Å². The molecule has 0 fully saturated rings. The van der Waals surface area contributed by atoms with Gasteiger partial charge in [-0.15, -0.1) is 0 Å². The molecule has 0 aromatic heterocycles. The molecule has 1 aromatic rings. The number of unbranched alkanes of at least 4 members (excludes halogenated alkanes) is 1. The van der Waals surface area contributed by atoms with Gasteiger partial charge in [0.15, 0.2) is 0 Å². The van der Waals surface area contributed by atoms with Gasteiger partial charge in [-0.05, 0) is 44.5 Å². The van der Waals surface area contributed by atoms with Crippen molar-refractivity contribution in [3.05, 3.63) is 24.3 Å². The van der Waals surface area contributed by atoms with Crippen molar-refractivity contribution in [3.63, 3.8) is 0 Å². The zero-order chi connectivity index (χ0) is 20.7. The molecule has 10 heteroatoms. The van der Waals surface area contributed by atoms with Crippen molar-refractivity contribution in [2.45, 2.75) is 45.9 Å². The first kappa shape index (κ1) is 23.1. The van der Waals surface area contributed by atoms with Gasteiger partial charge in [-0.2, -0.15) is 13.2 Å². The van der Waals surface area contributed by atoms with Gasteiger partial charge in [0.05, 0.1) is 6.10 Å². The van der Waals surface area contributed by atoms with Crippen molar-refractivity contribution in [1.29, 1.82) is 0 Å². The highest BCUT2D eigenvalue weighted by Crippen LogP contribution is 2.19. The maximum absolute atomic E-state index is 12.6. The number of ether oxygens (including phenoxy) is 1. The van der Waals surface area contributed by atoms with Gasteiger partial charge in [-0.3, -0.25) is 9.52 Å². The number of rotatable bonds is 10. The molecule has 0 bridgehead atoms. The second kappa shape index (κ2) is 9.82. The van der Waals surface area contributed by atoms with Crippen LogP contribution < -0.4 is 9.46 Å². The number of carbonyl (C=O) groups excluding carboxylic acids is 1. The van der Waals surface area contributed by atoms with E-state index in [1.165, 1.54) is 12.1 Å². The van der Waals surface area contributed by atoms with Crippen LogP contribution in [0.15, 0.2) is 24.3 Å². The zero-order valence-corrected chi connectivity index (χ0v) is 16.4. The van der Waals surface area contributed by atoms with Gasteiger partial charge in [0.1, 0.15) is 18.0 Å². The Kier molecular flexibility index (Phi) is 8.39. The minimum absolute atomic E-state index is 0.0482. The third-order valence-electron chi connectivity index (χ3n) is 3.32. The summed E-state index contributed by atoms with van der Waals surface area (Å²) < 4.78 is 69.8. The van der Waals surface area contributed by atoms with E-state index in [1.807, 2.05) is 13.8 Å². The van der Waals surface area contributed by atoms with Gasteiger partial charge in [-0.1, -0.05) is 13.3 Å². The second-order valence-electron chi connectivity index (χ2n) is 6.34. The van der Waals surface area contributed by atoms with E-state index in [0.29, 0.717) is 23.5 Å². The first-order valence-corrected chi connectivity index (χ1v) is 10.2. The summed E-state index contributed by atoms with van der Waals surface area (Å²) in [5, 5.41) is 0. The number of anilines is 1. The normalized spacial score (nSPS) is 12.1. The maximum atomic E-state index is 12.6. The number of nitrogens with zero attached hydrogens (tertiary/aromatic N) is 1. The molecule has 6 nitrogen and oxygen atoms in total. The Labute approximate surface area is 157 Å². The number of hydrogen-bond acceptors (Lipinski definition) is 4. The smallest absolute Gasteiger partial charge is 0.406 e. The van der Waals surface area contributed by atoms with Gasteiger partial charge >= 0.3 is 6.18 Å². The molecule has 0 atom stereocenters. The second-order valence-corrected chi connectivity index (χ2v) is 8.06. The number of sulfonamides is 1. The Bertz CT molecular complexity index is 704. The molecule has 1 amide bonds. The van der Waals surface area contributed by atoms with Crippen LogP contribution in [-0.4, -0.2) is 50.3 Å². The molecule has 1 aromatic carbocycles. The lowest BCUT2D eigenvalue weighted by Crippen LogP contribution is -2.43. The molecular weight excluding hydrogens is 385 g/mol. The number of amides is 1. The molecular formula is C17H25F3N2O4S. The molecule has 0 aliphatic rings. The van der Waals surface area contributed by atoms with Crippen molar-refractivity contribution in [2.24, 2.45) is 0 Å². The van der Waals surface area contributed by atoms with Gasteiger partial charge in [0.25, 0.3) is 0 Å². The third kappa shape index (κ3) is 9.50. The van der Waals surface area contributed by atoms with E-state index in [2.05, 4.69) is 4.72 Å². The van der Waals surface area contributed by atoms with Gasteiger partial charge < -0.3 is 9.64 Å². The number of benzene rings is 1. The third-order valence-corrected chi connectivity index (χ3v) is 4.49. The molecule has 0 saturated heterocycles. The Morgan fingerprint density at radius 2 is 1.81 bits per heavy atom. The zero-order valence-electron chi connectivity index (χ0n) is 15.5. The van der Waals surface area contributed by atoms with Crippen molar-refractivity contribution in [3.8, 4) is 5.75 Å². The molecule has 0 heterocycles. The number of halogens is 3. The molecule has 1 rings (SSSR count). The summed E-state index contributed by atoms with van der Waals surface area (Å²) in [6.07, 6.45) is -3.70. The van der Waals surface area contributed by atoms with Crippen LogP contribution in [0.1, 0.15) is 33.6 Å². The molecule has 0 radical (unpaired) electrons. The van der Waals surface area contributed by atoms with E-state index < -0.39 is 34.4 Å². The number of alkyl halides is 3. The minimum atomic E-state index is -4.59. The average molecular weight is 410 g/mol. The van der Waals surface area contributed by atoms with E-state index in [9.17, 15) is 26.4 Å². The highest BCUT2D eigenvalue weighted by molar-refractivity contribution is 7.93. The standard InChI is InChI=1S/C17H25F3N2O4S/c1-4-5-10-22(12-17(18,19)20)16(23)11-27(24,25)21-14-6-8-15(9-7-14)26-13(2)3/h6-9,13,21H,4-5,10-12H2,1-3H3. The largest absolute Gasteiger partial charge is 0.491 e. The lowest BCUT2D eigenvalue weighted by Gasteiger charge is -2.24. The lowest BCUT2D eigenvalue weighted by atomic mass is 10.3. The van der Waals surface area contributed by atoms with Crippen LogP contribution in [0.3, 0.4) is 0 Å². The van der Waals surface area contributed by atoms with Crippen LogP contribution in [0.25, 0.3) is 0 Å². The quantitative estimate of drug-likeness (QED) is 0.641. The maximum Gasteiger partial charge on any atom is 0.406 e. The minimum Gasteiger partial charge on any atom is -0.491 e. The van der Waals surface area contributed by atoms with Gasteiger partial charge in [0.2, 0.25) is 15.9 Å². The van der Waals surface area contributed by atoms with Crippen molar-refractivity contribution in [1.82, 2.24) is 4.90 Å². The summed E-state index contributed by atoms with van der Waals surface area (Å²) in [6, 6.07) is 6.00. The Morgan fingerprint density at radius 1 is 1.22 bits per heavy atom. The SMILES string of the molecule is CCCCN(CC(F)(F)F)C(=O)CS(=O)(=O)Nc1ccc(OC(C)C)cc1. The van der Waals surface area contributed by atoms with Crippen molar-refractivity contribution >= 4 is 21.6 Å². The summed E-state index contributed by atoms with van der Waals surface area (Å²) in [7, 11) is -4.14. The van der Waals surface area contributed by atoms with E-state index in [4.69, 9.17) is 4.74 Å². The molecule has 0 aliphatic heterocycles. The topological polar surface area (TPSA) is 75.7 Å². The van der Waals surface area contributed by atoms with Crippen LogP contribution in [-0.2, 0) is 14.8 Å². The van der Waals surface area contributed by atoms with E-state index >= 15 is 0 Å². The Morgan fingerprint density at radius 3 is 2.30 bits per heavy atom. The molecule has 1 N–H and O–H groups in total. The van der Waals surface area contributed by atoms with Gasteiger partial charge in [0, 0.05) is 12.2 Å². The first-order chi connectivity index (χ1) is 12.4. The van der Waals surface area contributed by atoms with Crippen LogP contribution in [0.5, 0.6) is 5.75 Å². The van der Waals surface area contributed by atoms with Gasteiger partial charge in [-0.25, -0.2) is 8.42 Å². The summed E-state index contributed by atoms with van der Waals surface area (Å²) in [5.41, 5.74) is 0.190. The fraction of sp³-hybridized carbons (Fsp3) is 0.588. The van der Waals surface area contributed by atoms with Crippen LogP contribution >= 0.6 is 0 Å². The highest BCUT2D eigenvalue weighted by atomic mass is 32.2. The summed E-state index contributed by atoms with van der Waals surface area (Å²) >= 11 is 0. The molecule has 0 saturated carbocycles. The molecule has 154 valence electrons. The summed E-state index contributed by atoms with van der Waals surface area (Å²) in [6.45, 7) is 3.83. The van der Waals surface area contributed by atoms with Crippen molar-refractivity contribution in [2.75, 3.05) is 23.6 Å². The van der Waals surface area contributed by atoms with Crippen LogP contribution in [0, 0.1) is 0 Å². The summed E-state index contributed by atoms with van der Waals surface area (Å²) in [4.78, 5) is 12.6. The fourth-order valence-corrected chi connectivity index (χ4v) is 3.28.